The molecule has 4 nitrogen and oxygen atoms in total. The zero-order valence-corrected chi connectivity index (χ0v) is 13.0. The quantitative estimate of drug-likeness (QED) is 0.384. The van der Waals surface area contributed by atoms with Gasteiger partial charge in [-0.1, -0.05) is 24.4 Å². The summed E-state index contributed by atoms with van der Waals surface area (Å²) in [4.78, 5) is 5.22. The highest BCUT2D eigenvalue weighted by atomic mass is 19.3. The van der Waals surface area contributed by atoms with Gasteiger partial charge in [-0.3, -0.25) is 0 Å². The summed E-state index contributed by atoms with van der Waals surface area (Å²) in [5.74, 6) is -0.470. The zero-order chi connectivity index (χ0) is 17.4. The molecule has 0 bridgehead atoms. The number of alkyl halides is 4. The molecule has 0 N–H and O–H groups in total. The van der Waals surface area contributed by atoms with E-state index in [9.17, 15) is 17.6 Å². The normalized spacial score (nSPS) is 16.1. The van der Waals surface area contributed by atoms with Crippen LogP contribution in [0.25, 0.3) is 0 Å². The second-order valence-corrected chi connectivity index (χ2v) is 5.50. The number of halogens is 4. The first-order valence-electron chi connectivity index (χ1n) is 7.73. The van der Waals surface area contributed by atoms with E-state index < -0.39 is 24.7 Å². The van der Waals surface area contributed by atoms with E-state index in [2.05, 4.69) is 14.6 Å². The molecule has 0 unspecified atom stereocenters. The van der Waals surface area contributed by atoms with Crippen molar-refractivity contribution in [3.63, 3.8) is 0 Å². The lowest BCUT2D eigenvalue weighted by Crippen LogP contribution is -2.11. The summed E-state index contributed by atoms with van der Waals surface area (Å²) < 4.78 is 57.6. The lowest BCUT2D eigenvalue weighted by molar-refractivity contribution is -0.0692. The summed E-state index contributed by atoms with van der Waals surface area (Å²) in [6.45, 7) is -5.79. The topological polar surface area (TPSA) is 40.0 Å². The van der Waals surface area contributed by atoms with Crippen molar-refractivity contribution in [3.05, 3.63) is 23.8 Å². The largest absolute Gasteiger partial charge is 0.431 e. The zero-order valence-electron chi connectivity index (χ0n) is 13.0. The first-order chi connectivity index (χ1) is 11.5. The molecule has 2 rings (SSSR count). The van der Waals surface area contributed by atoms with Crippen LogP contribution in [0.3, 0.4) is 0 Å². The van der Waals surface area contributed by atoms with Gasteiger partial charge in [0.05, 0.1) is 6.21 Å². The third kappa shape index (κ3) is 6.25. The summed E-state index contributed by atoms with van der Waals surface area (Å²) in [5, 5.41) is 3.79. The monoisotopic (exact) mass is 349 g/mol. The molecule has 1 aliphatic carbocycles. The standard InChI is InChI=1S/C16H19F4NO3/c17-15(18)23-13-7-6-12(8-14(13)24-16(19)20)9-21-22-10-11-4-2-1-3-5-11/h6-9,11,15-16H,1-5,10H2. The smallest absolute Gasteiger partial charge is 0.387 e. The van der Waals surface area contributed by atoms with Crippen LogP contribution in [0.15, 0.2) is 23.4 Å². The van der Waals surface area contributed by atoms with Crippen LogP contribution >= 0.6 is 0 Å². The Labute approximate surface area is 137 Å². The predicted octanol–water partition coefficient (Wildman–Crippen LogP) is 4.82. The van der Waals surface area contributed by atoms with Crippen LogP contribution in [0.1, 0.15) is 37.7 Å². The van der Waals surface area contributed by atoms with Crippen LogP contribution in [-0.2, 0) is 4.84 Å². The van der Waals surface area contributed by atoms with Crippen molar-refractivity contribution in [2.24, 2.45) is 11.1 Å². The summed E-state index contributed by atoms with van der Waals surface area (Å²) in [5.41, 5.74) is 0.371. The molecule has 1 aromatic rings. The van der Waals surface area contributed by atoms with Crippen LogP contribution in [0.4, 0.5) is 17.6 Å². The maximum Gasteiger partial charge on any atom is 0.387 e. The fraction of sp³-hybridized carbons (Fsp3) is 0.562. The molecule has 0 aromatic heterocycles. The molecule has 0 amide bonds. The second-order valence-electron chi connectivity index (χ2n) is 5.50. The molecule has 134 valence electrons. The lowest BCUT2D eigenvalue weighted by Gasteiger charge is -2.19. The average Bonchev–Trinajstić information content (AvgIpc) is 2.54. The third-order valence-corrected chi connectivity index (χ3v) is 3.71. The minimum atomic E-state index is -3.15. The number of oxime groups is 1. The molecule has 1 aromatic carbocycles. The molecule has 24 heavy (non-hydrogen) atoms. The SMILES string of the molecule is FC(F)Oc1ccc(C=NOCC2CCCCC2)cc1OC(F)F. The molecule has 8 heteroatoms. The van der Waals surface area contributed by atoms with Gasteiger partial charge in [-0.25, -0.2) is 0 Å². The Bertz CT molecular complexity index is 534. The van der Waals surface area contributed by atoms with Gasteiger partial charge >= 0.3 is 13.2 Å². The Morgan fingerprint density at radius 2 is 1.67 bits per heavy atom. The molecule has 0 saturated heterocycles. The molecular formula is C16H19F4NO3. The Morgan fingerprint density at radius 3 is 2.33 bits per heavy atom. The lowest BCUT2D eigenvalue weighted by atomic mass is 9.90. The van der Waals surface area contributed by atoms with Crippen LogP contribution in [0.2, 0.25) is 0 Å². The third-order valence-electron chi connectivity index (χ3n) is 3.71. The molecule has 0 aliphatic heterocycles. The molecule has 1 aliphatic rings. The van der Waals surface area contributed by atoms with Gasteiger partial charge in [0.25, 0.3) is 0 Å². The molecule has 0 spiro atoms. The van der Waals surface area contributed by atoms with Gasteiger partial charge in [0.2, 0.25) is 0 Å². The van der Waals surface area contributed by atoms with Crippen molar-refractivity contribution >= 4 is 6.21 Å². The van der Waals surface area contributed by atoms with Crippen molar-refractivity contribution in [1.29, 1.82) is 0 Å². The summed E-state index contributed by atoms with van der Waals surface area (Å²) in [6.07, 6.45) is 7.17. The van der Waals surface area contributed by atoms with Crippen LogP contribution < -0.4 is 9.47 Å². The van der Waals surface area contributed by atoms with Crippen molar-refractivity contribution in [2.75, 3.05) is 6.61 Å². The van der Waals surface area contributed by atoms with Crippen molar-refractivity contribution in [3.8, 4) is 11.5 Å². The number of rotatable bonds is 8. The molecule has 1 saturated carbocycles. The highest BCUT2D eigenvalue weighted by molar-refractivity contribution is 5.80. The molecule has 0 radical (unpaired) electrons. The van der Waals surface area contributed by atoms with Crippen molar-refractivity contribution < 1.29 is 31.9 Å². The number of hydrogen-bond acceptors (Lipinski definition) is 4. The maximum atomic E-state index is 12.4. The van der Waals surface area contributed by atoms with Crippen molar-refractivity contribution in [1.82, 2.24) is 0 Å². The second kappa shape index (κ2) is 9.34. The van der Waals surface area contributed by atoms with Crippen molar-refractivity contribution in [2.45, 2.75) is 45.3 Å². The van der Waals surface area contributed by atoms with Gasteiger partial charge in [0.1, 0.15) is 6.61 Å². The van der Waals surface area contributed by atoms with Gasteiger partial charge in [-0.2, -0.15) is 17.6 Å². The average molecular weight is 349 g/mol. The van der Waals surface area contributed by atoms with E-state index in [0.29, 0.717) is 18.1 Å². The van der Waals surface area contributed by atoms with Crippen LogP contribution in [0, 0.1) is 5.92 Å². The maximum absolute atomic E-state index is 12.4. The van der Waals surface area contributed by atoms with E-state index >= 15 is 0 Å². The van der Waals surface area contributed by atoms with E-state index in [-0.39, 0.29) is 0 Å². The Hall–Kier alpha value is -1.99. The van der Waals surface area contributed by atoms with Crippen LogP contribution in [0.5, 0.6) is 11.5 Å². The minimum Gasteiger partial charge on any atom is -0.431 e. The summed E-state index contributed by atoms with van der Waals surface area (Å²) in [6, 6.07) is 3.65. The molecule has 0 atom stereocenters. The van der Waals surface area contributed by atoms with E-state index in [4.69, 9.17) is 4.84 Å². The van der Waals surface area contributed by atoms with E-state index in [1.54, 1.807) is 0 Å². The fourth-order valence-electron chi connectivity index (χ4n) is 2.59. The number of benzene rings is 1. The van der Waals surface area contributed by atoms with Gasteiger partial charge in [0.15, 0.2) is 11.5 Å². The fourth-order valence-corrected chi connectivity index (χ4v) is 2.59. The summed E-state index contributed by atoms with van der Waals surface area (Å²) in [7, 11) is 0. The van der Waals surface area contributed by atoms with Gasteiger partial charge in [-0.15, -0.1) is 0 Å². The first kappa shape index (κ1) is 18.4. The Morgan fingerprint density at radius 1 is 1.00 bits per heavy atom. The minimum absolute atomic E-state index is 0.371. The van der Waals surface area contributed by atoms with Gasteiger partial charge in [0, 0.05) is 5.56 Å². The molecule has 1 fully saturated rings. The summed E-state index contributed by atoms with van der Waals surface area (Å²) >= 11 is 0. The predicted molar refractivity (Wildman–Crippen MR) is 79.8 cm³/mol. The number of ether oxygens (including phenoxy) is 2. The number of nitrogens with zero attached hydrogens (tertiary/aromatic N) is 1. The first-order valence-corrected chi connectivity index (χ1v) is 7.73. The highest BCUT2D eigenvalue weighted by Gasteiger charge is 2.15. The van der Waals surface area contributed by atoms with Gasteiger partial charge < -0.3 is 14.3 Å². The van der Waals surface area contributed by atoms with Crippen LogP contribution in [-0.4, -0.2) is 26.0 Å². The Balaban J connectivity index is 1.94. The number of hydrogen-bond donors (Lipinski definition) is 0. The van der Waals surface area contributed by atoms with E-state index in [1.807, 2.05) is 0 Å². The molecular weight excluding hydrogens is 330 g/mol. The van der Waals surface area contributed by atoms with E-state index in [0.717, 1.165) is 25.0 Å². The Kier molecular flexibility index (Phi) is 7.14. The van der Waals surface area contributed by atoms with E-state index in [1.165, 1.54) is 31.5 Å². The van der Waals surface area contributed by atoms with Gasteiger partial charge in [-0.05, 0) is 37.0 Å². The molecule has 0 heterocycles. The highest BCUT2D eigenvalue weighted by Crippen LogP contribution is 2.30.